The molecule has 4 aliphatic carbocycles. The molecule has 0 amide bonds. The molecule has 1 nitrogen and oxygen atoms in total. The first-order valence-electron chi connectivity index (χ1n) is 13.0. The van der Waals surface area contributed by atoms with Crippen LogP contribution in [0.4, 0.5) is 0 Å². The summed E-state index contributed by atoms with van der Waals surface area (Å²) in [4.78, 5) is 0. The number of hydrogen-bond acceptors (Lipinski definition) is 1. The van der Waals surface area contributed by atoms with Gasteiger partial charge in [0.05, 0.1) is 6.10 Å². The van der Waals surface area contributed by atoms with Gasteiger partial charge >= 0.3 is 0 Å². The Kier molecular flexibility index (Phi) is 6.04. The van der Waals surface area contributed by atoms with E-state index in [1.807, 2.05) is 0 Å². The van der Waals surface area contributed by atoms with E-state index in [9.17, 15) is 5.11 Å². The Morgan fingerprint density at radius 2 is 1.62 bits per heavy atom. The van der Waals surface area contributed by atoms with Crippen molar-refractivity contribution in [2.75, 3.05) is 0 Å². The van der Waals surface area contributed by atoms with E-state index in [1.165, 1.54) is 63.4 Å². The molecule has 8 unspecified atom stereocenters. The molecule has 1 N–H and O–H groups in total. The molecule has 4 rings (SSSR count). The van der Waals surface area contributed by atoms with Gasteiger partial charge in [0, 0.05) is 0 Å². The number of aliphatic hydroxyl groups excluding tert-OH is 1. The Morgan fingerprint density at radius 3 is 2.34 bits per heavy atom. The van der Waals surface area contributed by atoms with E-state index in [1.54, 1.807) is 0 Å². The van der Waals surface area contributed by atoms with Gasteiger partial charge in [0.15, 0.2) is 0 Å². The fourth-order valence-corrected chi connectivity index (χ4v) is 9.11. The highest BCUT2D eigenvalue weighted by molar-refractivity contribution is 5.10. The standard InChI is InChI=1S/C28H48O/c1-18(2)19(3)7-8-20(4)24-11-12-25-23-10-9-21-17-22(29)13-15-27(21,5)26(23)14-16-28(24,25)6/h18,20-26,29H,3,7-17H2,1-2,4-6H3/t20-,21?,22?,23?,24?,25?,26?,27?,28?/m1/s1. The zero-order valence-electron chi connectivity index (χ0n) is 20.1. The van der Waals surface area contributed by atoms with Crippen molar-refractivity contribution in [1.29, 1.82) is 0 Å². The van der Waals surface area contributed by atoms with Crippen molar-refractivity contribution in [3.63, 3.8) is 0 Å². The van der Waals surface area contributed by atoms with Crippen molar-refractivity contribution in [2.24, 2.45) is 52.3 Å². The van der Waals surface area contributed by atoms with Crippen LogP contribution >= 0.6 is 0 Å². The van der Waals surface area contributed by atoms with Gasteiger partial charge in [-0.15, -0.1) is 0 Å². The average molecular weight is 401 g/mol. The maximum atomic E-state index is 10.3. The molecular formula is C28H48O. The third kappa shape index (κ3) is 3.66. The second-order valence-corrected chi connectivity index (χ2v) is 12.6. The fourth-order valence-electron chi connectivity index (χ4n) is 9.11. The summed E-state index contributed by atoms with van der Waals surface area (Å²) in [5.41, 5.74) is 2.55. The highest BCUT2D eigenvalue weighted by Gasteiger charge is 2.60. The predicted octanol–water partition coefficient (Wildman–Crippen LogP) is 7.63. The van der Waals surface area contributed by atoms with E-state index in [-0.39, 0.29) is 6.10 Å². The Bertz CT molecular complexity index is 607. The topological polar surface area (TPSA) is 20.2 Å². The molecule has 0 spiro atoms. The zero-order valence-corrected chi connectivity index (χ0v) is 20.1. The summed E-state index contributed by atoms with van der Waals surface area (Å²) in [5, 5.41) is 10.3. The maximum Gasteiger partial charge on any atom is 0.0543 e. The quantitative estimate of drug-likeness (QED) is 0.470. The van der Waals surface area contributed by atoms with Crippen molar-refractivity contribution in [3.8, 4) is 0 Å². The molecule has 166 valence electrons. The van der Waals surface area contributed by atoms with E-state index in [0.29, 0.717) is 16.7 Å². The number of fused-ring (bicyclic) bond motifs is 5. The van der Waals surface area contributed by atoms with Gasteiger partial charge in [-0.2, -0.15) is 0 Å². The van der Waals surface area contributed by atoms with Crippen LogP contribution in [0, 0.1) is 52.3 Å². The first kappa shape index (κ1) is 21.9. The minimum absolute atomic E-state index is 0.0178. The molecule has 4 fully saturated rings. The van der Waals surface area contributed by atoms with Crippen LogP contribution in [-0.4, -0.2) is 11.2 Å². The van der Waals surface area contributed by atoms with Crippen molar-refractivity contribution in [3.05, 3.63) is 12.2 Å². The molecule has 0 aromatic rings. The van der Waals surface area contributed by atoms with Crippen molar-refractivity contribution in [2.45, 2.75) is 111 Å². The normalized spacial score (nSPS) is 48.0. The third-order valence-electron chi connectivity index (χ3n) is 11.1. The van der Waals surface area contributed by atoms with E-state index >= 15 is 0 Å². The minimum atomic E-state index is -0.0178. The van der Waals surface area contributed by atoms with Crippen LogP contribution in [-0.2, 0) is 0 Å². The van der Waals surface area contributed by atoms with Gasteiger partial charge in [0.2, 0.25) is 0 Å². The molecule has 0 radical (unpaired) electrons. The van der Waals surface area contributed by atoms with Gasteiger partial charge in [0.1, 0.15) is 0 Å². The van der Waals surface area contributed by atoms with E-state index < -0.39 is 0 Å². The fraction of sp³-hybridized carbons (Fsp3) is 0.929. The Balaban J connectivity index is 1.46. The van der Waals surface area contributed by atoms with Crippen LogP contribution in [0.25, 0.3) is 0 Å². The molecule has 0 saturated heterocycles. The lowest BCUT2D eigenvalue weighted by Gasteiger charge is -2.61. The maximum absolute atomic E-state index is 10.3. The second-order valence-electron chi connectivity index (χ2n) is 12.6. The predicted molar refractivity (Wildman–Crippen MR) is 124 cm³/mol. The molecule has 0 heterocycles. The number of aliphatic hydroxyl groups is 1. The third-order valence-corrected chi connectivity index (χ3v) is 11.1. The van der Waals surface area contributed by atoms with E-state index in [2.05, 4.69) is 41.2 Å². The molecule has 4 saturated carbocycles. The second kappa shape index (κ2) is 7.99. The number of hydrogen-bond donors (Lipinski definition) is 1. The van der Waals surface area contributed by atoms with Crippen molar-refractivity contribution in [1.82, 2.24) is 0 Å². The van der Waals surface area contributed by atoms with Gasteiger partial charge in [-0.25, -0.2) is 0 Å². The summed E-state index contributed by atoms with van der Waals surface area (Å²) in [7, 11) is 0. The zero-order chi connectivity index (χ0) is 21.0. The van der Waals surface area contributed by atoms with Crippen LogP contribution in [0.1, 0.15) is 105 Å². The summed E-state index contributed by atoms with van der Waals surface area (Å²) in [6, 6.07) is 0. The van der Waals surface area contributed by atoms with Gasteiger partial charge in [-0.05, 0) is 123 Å². The van der Waals surface area contributed by atoms with Crippen molar-refractivity contribution >= 4 is 0 Å². The van der Waals surface area contributed by atoms with Crippen LogP contribution < -0.4 is 0 Å². The molecule has 4 aliphatic rings. The molecule has 0 aromatic carbocycles. The smallest absolute Gasteiger partial charge is 0.0543 e. The lowest BCUT2D eigenvalue weighted by Crippen LogP contribution is -2.54. The van der Waals surface area contributed by atoms with Crippen molar-refractivity contribution < 1.29 is 5.11 Å². The lowest BCUT2D eigenvalue weighted by molar-refractivity contribution is -0.129. The van der Waals surface area contributed by atoms with Crippen LogP contribution in [0.3, 0.4) is 0 Å². The monoisotopic (exact) mass is 400 g/mol. The van der Waals surface area contributed by atoms with E-state index in [0.717, 1.165) is 48.3 Å². The molecule has 9 atom stereocenters. The number of rotatable bonds is 5. The minimum Gasteiger partial charge on any atom is -0.393 e. The van der Waals surface area contributed by atoms with Gasteiger partial charge in [-0.1, -0.05) is 46.8 Å². The molecule has 0 bridgehead atoms. The van der Waals surface area contributed by atoms with Crippen LogP contribution in [0.15, 0.2) is 12.2 Å². The highest BCUT2D eigenvalue weighted by atomic mass is 16.3. The molecular weight excluding hydrogens is 352 g/mol. The Labute approximate surface area is 181 Å². The summed E-state index contributed by atoms with van der Waals surface area (Å²) < 4.78 is 0. The summed E-state index contributed by atoms with van der Waals surface area (Å²) in [5.74, 6) is 6.05. The molecule has 29 heavy (non-hydrogen) atoms. The Hall–Kier alpha value is -0.300. The Morgan fingerprint density at radius 1 is 0.931 bits per heavy atom. The molecule has 0 aliphatic heterocycles. The summed E-state index contributed by atoms with van der Waals surface area (Å²) in [6.45, 7) is 16.8. The van der Waals surface area contributed by atoms with Crippen LogP contribution in [0.2, 0.25) is 0 Å². The highest BCUT2D eigenvalue weighted by Crippen LogP contribution is 2.68. The van der Waals surface area contributed by atoms with Gasteiger partial charge < -0.3 is 5.11 Å². The summed E-state index contributed by atoms with van der Waals surface area (Å²) >= 11 is 0. The molecule has 1 heteroatoms. The summed E-state index contributed by atoms with van der Waals surface area (Å²) in [6.07, 6.45) is 14.7. The largest absolute Gasteiger partial charge is 0.393 e. The van der Waals surface area contributed by atoms with Crippen LogP contribution in [0.5, 0.6) is 0 Å². The first-order valence-corrected chi connectivity index (χ1v) is 13.0. The first-order chi connectivity index (χ1) is 13.7. The molecule has 0 aromatic heterocycles. The number of allylic oxidation sites excluding steroid dienone is 1. The lowest BCUT2D eigenvalue weighted by atomic mass is 9.44. The van der Waals surface area contributed by atoms with E-state index in [4.69, 9.17) is 0 Å². The average Bonchev–Trinajstić information content (AvgIpc) is 3.03. The van der Waals surface area contributed by atoms with Gasteiger partial charge in [-0.3, -0.25) is 0 Å². The SMILES string of the molecule is C=C(CC[C@@H](C)C1CCC2C3CCC4CC(O)CCC4(C)C3CCC21C)C(C)C. The van der Waals surface area contributed by atoms with Gasteiger partial charge in [0.25, 0.3) is 0 Å².